The summed E-state index contributed by atoms with van der Waals surface area (Å²) in [5.74, 6) is 0.380. The molecule has 1 aromatic carbocycles. The van der Waals surface area contributed by atoms with Gasteiger partial charge in [-0.1, -0.05) is 12.5 Å². The van der Waals surface area contributed by atoms with Gasteiger partial charge in [0.25, 0.3) is 0 Å². The number of rotatable bonds is 3. The number of carbonyl (C=O) groups is 1. The third kappa shape index (κ3) is 1.66. The molecule has 2 nitrogen and oxygen atoms in total. The molecule has 88 valence electrons. The molecule has 0 N–H and O–H groups in total. The van der Waals surface area contributed by atoms with Crippen molar-refractivity contribution in [2.75, 3.05) is 0 Å². The van der Waals surface area contributed by atoms with E-state index in [9.17, 15) is 9.18 Å². The number of aromatic nitrogens is 1. The second kappa shape index (κ2) is 3.99. The fourth-order valence-electron chi connectivity index (χ4n) is 2.53. The molecule has 1 saturated carbocycles. The Bertz CT molecular complexity index is 569. The summed E-state index contributed by atoms with van der Waals surface area (Å²) in [6, 6.07) is 4.98. The lowest BCUT2D eigenvalue weighted by atomic mass is 9.85. The summed E-state index contributed by atoms with van der Waals surface area (Å²) in [7, 11) is 0. The molecule has 0 radical (unpaired) electrons. The van der Waals surface area contributed by atoms with E-state index in [1.54, 1.807) is 12.3 Å². The first kappa shape index (κ1) is 10.5. The number of fused-ring (bicyclic) bond motifs is 1. The van der Waals surface area contributed by atoms with E-state index in [0.29, 0.717) is 16.9 Å². The van der Waals surface area contributed by atoms with Crippen LogP contribution < -0.4 is 0 Å². The van der Waals surface area contributed by atoms with Crippen LogP contribution >= 0.6 is 0 Å². The van der Waals surface area contributed by atoms with Crippen LogP contribution in [0.1, 0.15) is 29.6 Å². The molecule has 0 aliphatic heterocycles. The maximum Gasteiger partial charge on any atom is 0.152 e. The molecule has 3 heteroatoms. The van der Waals surface area contributed by atoms with Gasteiger partial charge in [0.2, 0.25) is 0 Å². The van der Waals surface area contributed by atoms with Gasteiger partial charge in [0, 0.05) is 23.7 Å². The lowest BCUT2D eigenvalue weighted by Gasteiger charge is -2.26. The van der Waals surface area contributed by atoms with E-state index < -0.39 is 0 Å². The Morgan fingerprint density at radius 3 is 2.88 bits per heavy atom. The van der Waals surface area contributed by atoms with E-state index in [-0.39, 0.29) is 5.82 Å². The SMILES string of the molecule is O=Cc1cn(CC2CCC2)c2cccc(F)c12. The van der Waals surface area contributed by atoms with Gasteiger partial charge in [-0.3, -0.25) is 4.79 Å². The fraction of sp³-hybridized carbons (Fsp3) is 0.357. The van der Waals surface area contributed by atoms with Crippen molar-refractivity contribution < 1.29 is 9.18 Å². The standard InChI is InChI=1S/C14H14FNO/c15-12-5-2-6-13-14(12)11(9-17)8-16(13)7-10-3-1-4-10/h2,5-6,8-10H,1,3-4,7H2. The van der Waals surface area contributed by atoms with Crippen LogP contribution in [0.4, 0.5) is 4.39 Å². The minimum absolute atomic E-state index is 0.308. The number of aldehydes is 1. The molecular weight excluding hydrogens is 217 g/mol. The van der Waals surface area contributed by atoms with Gasteiger partial charge in [-0.15, -0.1) is 0 Å². The van der Waals surface area contributed by atoms with Crippen molar-refractivity contribution in [3.8, 4) is 0 Å². The molecule has 1 aliphatic rings. The van der Waals surface area contributed by atoms with Gasteiger partial charge in [0.05, 0.1) is 5.52 Å². The van der Waals surface area contributed by atoms with Crippen LogP contribution in [0, 0.1) is 11.7 Å². The van der Waals surface area contributed by atoms with E-state index in [1.807, 2.05) is 10.6 Å². The van der Waals surface area contributed by atoms with E-state index in [1.165, 1.54) is 25.3 Å². The number of hydrogen-bond donors (Lipinski definition) is 0. The highest BCUT2D eigenvalue weighted by Crippen LogP contribution is 2.31. The first-order valence-corrected chi connectivity index (χ1v) is 6.02. The Kier molecular flexibility index (Phi) is 2.46. The molecule has 0 saturated heterocycles. The molecule has 17 heavy (non-hydrogen) atoms. The highest BCUT2D eigenvalue weighted by molar-refractivity contribution is 5.98. The predicted octanol–water partition coefficient (Wildman–Crippen LogP) is 3.39. The summed E-state index contributed by atoms with van der Waals surface area (Å²) in [4.78, 5) is 11.0. The maximum absolute atomic E-state index is 13.7. The molecule has 0 bridgehead atoms. The maximum atomic E-state index is 13.7. The molecule has 0 amide bonds. The van der Waals surface area contributed by atoms with Crippen molar-refractivity contribution in [3.63, 3.8) is 0 Å². The summed E-state index contributed by atoms with van der Waals surface area (Å²) >= 11 is 0. The molecule has 1 aliphatic carbocycles. The normalized spacial score (nSPS) is 16.1. The van der Waals surface area contributed by atoms with Crippen molar-refractivity contribution >= 4 is 17.2 Å². The molecule has 1 heterocycles. The van der Waals surface area contributed by atoms with Gasteiger partial charge >= 0.3 is 0 Å². The van der Waals surface area contributed by atoms with Gasteiger partial charge in [0.15, 0.2) is 6.29 Å². The average molecular weight is 231 g/mol. The van der Waals surface area contributed by atoms with E-state index in [0.717, 1.165) is 18.3 Å². The Hall–Kier alpha value is -1.64. The van der Waals surface area contributed by atoms with Crippen LogP contribution in [-0.2, 0) is 6.54 Å². The summed E-state index contributed by atoms with van der Waals surface area (Å²) in [5, 5.41) is 0.460. The van der Waals surface area contributed by atoms with Crippen molar-refractivity contribution in [1.82, 2.24) is 4.57 Å². The highest BCUT2D eigenvalue weighted by atomic mass is 19.1. The van der Waals surface area contributed by atoms with Gasteiger partial charge in [-0.25, -0.2) is 4.39 Å². The molecule has 3 rings (SSSR count). The minimum atomic E-state index is -0.308. The summed E-state index contributed by atoms with van der Waals surface area (Å²) in [6.45, 7) is 0.897. The zero-order valence-corrected chi connectivity index (χ0v) is 9.53. The third-order valence-corrected chi connectivity index (χ3v) is 3.69. The number of nitrogens with zero attached hydrogens (tertiary/aromatic N) is 1. The fourth-order valence-corrected chi connectivity index (χ4v) is 2.53. The van der Waals surface area contributed by atoms with Crippen molar-refractivity contribution in [2.45, 2.75) is 25.8 Å². The molecule has 1 fully saturated rings. The monoisotopic (exact) mass is 231 g/mol. The van der Waals surface area contributed by atoms with E-state index >= 15 is 0 Å². The number of hydrogen-bond acceptors (Lipinski definition) is 1. The number of carbonyl (C=O) groups excluding carboxylic acids is 1. The first-order chi connectivity index (χ1) is 8.29. The topological polar surface area (TPSA) is 22.0 Å². The molecule has 0 spiro atoms. The Labute approximate surface area is 99.0 Å². The van der Waals surface area contributed by atoms with Crippen LogP contribution in [0.2, 0.25) is 0 Å². The molecular formula is C14H14FNO. The zero-order chi connectivity index (χ0) is 11.8. The Balaban J connectivity index is 2.11. The summed E-state index contributed by atoms with van der Waals surface area (Å²) in [6.07, 6.45) is 6.29. The molecule has 0 unspecified atom stereocenters. The predicted molar refractivity (Wildman–Crippen MR) is 64.6 cm³/mol. The average Bonchev–Trinajstić information content (AvgIpc) is 2.63. The molecule has 1 aromatic heterocycles. The van der Waals surface area contributed by atoms with Crippen molar-refractivity contribution in [3.05, 3.63) is 35.8 Å². The molecule has 2 aromatic rings. The smallest absolute Gasteiger partial charge is 0.152 e. The third-order valence-electron chi connectivity index (χ3n) is 3.69. The van der Waals surface area contributed by atoms with Gasteiger partial charge < -0.3 is 4.57 Å². The highest BCUT2D eigenvalue weighted by Gasteiger charge is 2.20. The van der Waals surface area contributed by atoms with Gasteiger partial charge in [0.1, 0.15) is 5.82 Å². The van der Waals surface area contributed by atoms with Crippen molar-refractivity contribution in [1.29, 1.82) is 0 Å². The molecule has 0 atom stereocenters. The van der Waals surface area contributed by atoms with Crippen LogP contribution in [0.3, 0.4) is 0 Å². The van der Waals surface area contributed by atoms with E-state index in [2.05, 4.69) is 0 Å². The minimum Gasteiger partial charge on any atom is -0.346 e. The van der Waals surface area contributed by atoms with Crippen LogP contribution in [0.15, 0.2) is 24.4 Å². The lowest BCUT2D eigenvalue weighted by molar-refractivity contribution is 0.112. The van der Waals surface area contributed by atoms with Gasteiger partial charge in [-0.2, -0.15) is 0 Å². The lowest BCUT2D eigenvalue weighted by Crippen LogP contribution is -2.17. The largest absolute Gasteiger partial charge is 0.346 e. The first-order valence-electron chi connectivity index (χ1n) is 6.02. The van der Waals surface area contributed by atoms with Crippen molar-refractivity contribution in [2.24, 2.45) is 5.92 Å². The van der Waals surface area contributed by atoms with Crippen LogP contribution in [0.25, 0.3) is 10.9 Å². The second-order valence-corrected chi connectivity index (χ2v) is 4.79. The van der Waals surface area contributed by atoms with E-state index in [4.69, 9.17) is 0 Å². The van der Waals surface area contributed by atoms with Gasteiger partial charge in [-0.05, 0) is 30.9 Å². The number of halogens is 1. The Morgan fingerprint density at radius 2 is 2.24 bits per heavy atom. The second-order valence-electron chi connectivity index (χ2n) is 4.79. The Morgan fingerprint density at radius 1 is 1.41 bits per heavy atom. The quantitative estimate of drug-likeness (QED) is 0.742. The van der Waals surface area contributed by atoms with Crippen LogP contribution in [0.5, 0.6) is 0 Å². The number of benzene rings is 1. The summed E-state index contributed by atoms with van der Waals surface area (Å²) < 4.78 is 15.7. The summed E-state index contributed by atoms with van der Waals surface area (Å²) in [5.41, 5.74) is 1.29. The zero-order valence-electron chi connectivity index (χ0n) is 9.53. The van der Waals surface area contributed by atoms with Crippen LogP contribution in [-0.4, -0.2) is 10.9 Å².